The van der Waals surface area contributed by atoms with Crippen LogP contribution >= 0.6 is 0 Å². The lowest BCUT2D eigenvalue weighted by molar-refractivity contribution is -0.119. The molecule has 252 valence electrons. The zero-order valence-electron chi connectivity index (χ0n) is 27.2. The van der Waals surface area contributed by atoms with Gasteiger partial charge >= 0.3 is 12.2 Å². The molecule has 0 bridgehead atoms. The molecule has 2 aliphatic rings. The number of carbonyl (C=O) groups is 3. The number of hydrogen-bond donors (Lipinski definition) is 2. The summed E-state index contributed by atoms with van der Waals surface area (Å²) in [6.45, 7) is 8.71. The highest BCUT2D eigenvalue weighted by Gasteiger charge is 2.68. The summed E-state index contributed by atoms with van der Waals surface area (Å²) in [5.74, 6) is 0.0208. The van der Waals surface area contributed by atoms with Crippen molar-refractivity contribution in [1.82, 2.24) is 14.8 Å². The summed E-state index contributed by atoms with van der Waals surface area (Å²) in [7, 11) is -2.06. The summed E-state index contributed by atoms with van der Waals surface area (Å²) < 4.78 is 42.9. The quantitative estimate of drug-likeness (QED) is 0.236. The number of benzene rings is 2. The number of rotatable bonds is 8. The molecule has 6 rings (SSSR count). The molecule has 1 aliphatic carbocycles. The summed E-state index contributed by atoms with van der Waals surface area (Å²) in [4.78, 5) is 44.4. The van der Waals surface area contributed by atoms with Gasteiger partial charge in [-0.2, -0.15) is 4.68 Å². The van der Waals surface area contributed by atoms with Crippen molar-refractivity contribution in [3.63, 3.8) is 0 Å². The van der Waals surface area contributed by atoms with Gasteiger partial charge in [-0.3, -0.25) is 4.79 Å². The van der Waals surface area contributed by atoms with E-state index in [0.717, 1.165) is 9.58 Å². The number of aromatic nitrogens is 3. The van der Waals surface area contributed by atoms with Crippen molar-refractivity contribution in [2.75, 3.05) is 29.7 Å². The number of carbonyl (C=O) groups excluding carboxylic acids is 2. The maximum absolute atomic E-state index is 13.7. The second kappa shape index (κ2) is 11.5. The Bertz CT molecular complexity index is 2100. The average Bonchev–Trinajstić information content (AvgIpc) is 3.62. The normalized spacial score (nSPS) is 18.6. The highest BCUT2D eigenvalue weighted by atomic mass is 32.2. The van der Waals surface area contributed by atoms with Crippen molar-refractivity contribution < 1.29 is 42.1 Å². The molecule has 2 amide bonds. The van der Waals surface area contributed by atoms with Crippen molar-refractivity contribution >= 4 is 56.2 Å². The second-order valence-electron chi connectivity index (χ2n) is 12.5. The van der Waals surface area contributed by atoms with E-state index in [1.807, 2.05) is 0 Å². The molecular formula is C33H35N5O9S. The van der Waals surface area contributed by atoms with Crippen LogP contribution in [0.5, 0.6) is 11.5 Å². The monoisotopic (exact) mass is 677 g/mol. The number of nitrogens with one attached hydrogen (secondary N) is 1. The second-order valence-corrected chi connectivity index (χ2v) is 14.8. The molecule has 2 aromatic carbocycles. The van der Waals surface area contributed by atoms with Gasteiger partial charge in [0.15, 0.2) is 27.2 Å². The number of hydrogen-bond acceptors (Lipinski definition) is 11. The fraction of sp³-hybridized carbons (Fsp3) is 0.364. The zero-order valence-corrected chi connectivity index (χ0v) is 28.0. The van der Waals surface area contributed by atoms with Gasteiger partial charge in [0.2, 0.25) is 5.91 Å². The summed E-state index contributed by atoms with van der Waals surface area (Å²) in [5, 5.41) is 18.0. The number of ether oxygens (including phenoxy) is 3. The molecule has 2 N–H and O–H groups in total. The van der Waals surface area contributed by atoms with Crippen LogP contribution in [0.15, 0.2) is 53.6 Å². The maximum Gasteiger partial charge on any atom is 0.435 e. The summed E-state index contributed by atoms with van der Waals surface area (Å²) in [6.07, 6.45) is -0.548. The van der Waals surface area contributed by atoms with Crippen LogP contribution in [0.4, 0.5) is 26.9 Å². The van der Waals surface area contributed by atoms with E-state index in [2.05, 4.69) is 15.4 Å². The summed E-state index contributed by atoms with van der Waals surface area (Å²) in [5.41, 5.74) is -0.0609. The Hall–Kier alpha value is -5.18. The van der Waals surface area contributed by atoms with Crippen molar-refractivity contribution in [1.29, 1.82) is 0 Å². The van der Waals surface area contributed by atoms with E-state index < -0.39 is 44.9 Å². The predicted molar refractivity (Wildman–Crippen MR) is 175 cm³/mol. The smallest absolute Gasteiger partial charge is 0.435 e. The van der Waals surface area contributed by atoms with Gasteiger partial charge < -0.3 is 24.6 Å². The third-order valence-electron chi connectivity index (χ3n) is 8.44. The van der Waals surface area contributed by atoms with Crippen LogP contribution in [0.25, 0.3) is 10.9 Å². The zero-order chi connectivity index (χ0) is 34.8. The number of amides is 2. The molecule has 1 saturated carbocycles. The van der Waals surface area contributed by atoms with Gasteiger partial charge in [-0.05, 0) is 75.6 Å². The van der Waals surface area contributed by atoms with Crippen LogP contribution < -0.4 is 19.7 Å². The fourth-order valence-electron chi connectivity index (χ4n) is 6.13. The molecule has 1 aliphatic heterocycles. The largest absolute Gasteiger partial charge is 0.497 e. The first-order chi connectivity index (χ1) is 22.6. The van der Waals surface area contributed by atoms with Gasteiger partial charge in [-0.1, -0.05) is 13.0 Å². The molecule has 14 nitrogen and oxygen atoms in total. The summed E-state index contributed by atoms with van der Waals surface area (Å²) >= 11 is 0. The van der Waals surface area contributed by atoms with E-state index in [0.29, 0.717) is 34.2 Å². The van der Waals surface area contributed by atoms with Crippen molar-refractivity contribution in [2.45, 2.75) is 62.9 Å². The van der Waals surface area contributed by atoms with E-state index in [9.17, 15) is 27.9 Å². The van der Waals surface area contributed by atoms with Gasteiger partial charge in [0.25, 0.3) is 0 Å². The lowest BCUT2D eigenvalue weighted by Crippen LogP contribution is -2.36. The number of imide groups is 1. The number of methoxy groups -OCH3 is 1. The van der Waals surface area contributed by atoms with E-state index in [1.165, 1.54) is 26.3 Å². The average molecular weight is 678 g/mol. The van der Waals surface area contributed by atoms with Crippen molar-refractivity contribution in [2.24, 2.45) is 0 Å². The molecule has 3 heterocycles. The van der Waals surface area contributed by atoms with Crippen LogP contribution in [0.2, 0.25) is 0 Å². The molecule has 0 radical (unpaired) electrons. The third kappa shape index (κ3) is 5.37. The minimum atomic E-state index is -3.56. The maximum atomic E-state index is 13.7. The topological polar surface area (TPSA) is 179 Å². The Morgan fingerprint density at radius 2 is 1.85 bits per heavy atom. The highest BCUT2D eigenvalue weighted by Crippen LogP contribution is 2.67. The molecule has 15 heteroatoms. The number of pyridine rings is 1. The van der Waals surface area contributed by atoms with Gasteiger partial charge in [0.1, 0.15) is 11.4 Å². The Morgan fingerprint density at radius 1 is 1.10 bits per heavy atom. The Balaban J connectivity index is 1.44. The number of sulfone groups is 1. The minimum Gasteiger partial charge on any atom is -0.497 e. The van der Waals surface area contributed by atoms with Gasteiger partial charge in [-0.15, -0.1) is 5.10 Å². The van der Waals surface area contributed by atoms with Gasteiger partial charge in [0.05, 0.1) is 41.0 Å². The summed E-state index contributed by atoms with van der Waals surface area (Å²) in [6, 6.07) is 11.5. The minimum absolute atomic E-state index is 0.00765. The standard InChI is InChI=1S/C33H35N5O9S/c1-7-46-26-15-20(48(43,44)8-2)17-34-28(26)35-27-21-11-9-18(13-25(21)38(36-27)31(42)47-32(3,4)5)23-16-33(23)22-14-19(45-6)10-12-24(22)37(29(33)39)30(40)41/h9-15,17,23H,7-8,16H2,1-6H3,(H,40,41)(H,34,35,36)/t23-,33-/m0/s1. The molecule has 4 aromatic rings. The molecule has 2 atom stereocenters. The number of anilines is 3. The SMILES string of the molecule is CCOc1cc(S(=O)(=O)CC)cnc1Nc1nn(C(=O)OC(C)(C)C)c2cc([C@@H]3C[C@@]34C(=O)N(C(=O)O)c3ccc(OC)cc34)ccc12. The molecule has 1 spiro atoms. The fourth-order valence-corrected chi connectivity index (χ4v) is 6.96. The number of fused-ring (bicyclic) bond motifs is 3. The Morgan fingerprint density at radius 3 is 2.50 bits per heavy atom. The van der Waals surface area contributed by atoms with Crippen LogP contribution in [0, 0.1) is 0 Å². The molecule has 0 unspecified atom stereocenters. The van der Waals surface area contributed by atoms with Crippen molar-refractivity contribution in [3.05, 3.63) is 59.8 Å². The molecule has 48 heavy (non-hydrogen) atoms. The number of nitrogens with zero attached hydrogens (tertiary/aromatic N) is 4. The Kier molecular flexibility index (Phi) is 7.85. The molecule has 1 fully saturated rings. The molecular weight excluding hydrogens is 642 g/mol. The van der Waals surface area contributed by atoms with Gasteiger partial charge in [0, 0.05) is 23.6 Å². The predicted octanol–water partition coefficient (Wildman–Crippen LogP) is 5.61. The van der Waals surface area contributed by atoms with Gasteiger partial charge in [-0.25, -0.2) is 27.9 Å². The van der Waals surface area contributed by atoms with E-state index in [1.54, 1.807) is 64.1 Å². The van der Waals surface area contributed by atoms with Crippen LogP contribution in [0.1, 0.15) is 58.1 Å². The van der Waals surface area contributed by atoms with Crippen LogP contribution in [-0.4, -0.2) is 71.5 Å². The van der Waals surface area contributed by atoms with Crippen LogP contribution in [0.3, 0.4) is 0 Å². The molecule has 0 saturated heterocycles. The third-order valence-corrected chi connectivity index (χ3v) is 10.1. The highest BCUT2D eigenvalue weighted by molar-refractivity contribution is 7.91. The lowest BCUT2D eigenvalue weighted by atomic mass is 9.91. The first kappa shape index (κ1) is 32.7. The lowest BCUT2D eigenvalue weighted by Gasteiger charge is -2.19. The van der Waals surface area contributed by atoms with Crippen molar-refractivity contribution in [3.8, 4) is 11.5 Å². The molecule has 2 aromatic heterocycles. The van der Waals surface area contributed by atoms with E-state index >= 15 is 0 Å². The first-order valence-corrected chi connectivity index (χ1v) is 16.9. The first-order valence-electron chi connectivity index (χ1n) is 15.3. The number of carboxylic acid groups (broad SMARTS) is 1. The van der Waals surface area contributed by atoms with E-state index in [4.69, 9.17) is 14.2 Å². The Labute approximate surface area is 276 Å². The van der Waals surface area contributed by atoms with Crippen LogP contribution in [-0.2, 0) is 24.8 Å². The van der Waals surface area contributed by atoms with E-state index in [-0.39, 0.29) is 40.3 Å².